The molecule has 0 aromatic rings. The second-order valence-corrected chi connectivity index (χ2v) is 12.4. The molecule has 2 aliphatic carbocycles. The number of fused-ring (bicyclic) bond motifs is 1. The Bertz CT molecular complexity index is 818. The van der Waals surface area contributed by atoms with Gasteiger partial charge < -0.3 is 28.4 Å². The van der Waals surface area contributed by atoms with Gasteiger partial charge in [-0.05, 0) is 62.7 Å². The Balaban J connectivity index is 1.36. The molecule has 0 N–H and O–H groups in total. The normalized spacial score (nSPS) is 37.2. The molecule has 37 heavy (non-hydrogen) atoms. The van der Waals surface area contributed by atoms with Gasteiger partial charge in [0.25, 0.3) is 0 Å². The molecular weight excluding hydrogens is 536 g/mol. The van der Waals surface area contributed by atoms with Gasteiger partial charge in [-0.25, -0.2) is 0 Å². The lowest BCUT2D eigenvalue weighted by molar-refractivity contribution is -0.198. The first-order chi connectivity index (χ1) is 18.1. The van der Waals surface area contributed by atoms with Gasteiger partial charge in [0, 0.05) is 49.3 Å². The van der Waals surface area contributed by atoms with Gasteiger partial charge in [0.1, 0.15) is 0 Å². The highest BCUT2D eigenvalue weighted by atomic mass is 79.9. The molecule has 6 nitrogen and oxygen atoms in total. The smallest absolute Gasteiger partial charge is 0.169 e. The van der Waals surface area contributed by atoms with Crippen LogP contribution in [0.3, 0.4) is 0 Å². The molecule has 2 saturated carbocycles. The van der Waals surface area contributed by atoms with Crippen molar-refractivity contribution in [2.45, 2.75) is 115 Å². The number of ether oxygens (including phenoxy) is 6. The minimum absolute atomic E-state index is 0.0916. The van der Waals surface area contributed by atoms with Gasteiger partial charge in [-0.1, -0.05) is 35.9 Å². The standard InChI is InChI=1S/C30H45BrO6/c1-3-4-5-10-21(2)29(37-28-12-7-9-14-33-28)25(31)18-23-24-20-30(34-15-16-35-30)19-22(24)17-26(23)36-27-11-6-8-13-32-27/h18,21-24,26-29H,3,6-17,19-20H2,1-2H3/t21?,22-,23-,24+,26-,27?,28?,29+/m1/s1. The van der Waals surface area contributed by atoms with Crippen LogP contribution in [0.2, 0.25) is 0 Å². The summed E-state index contributed by atoms with van der Waals surface area (Å²) in [5, 5.41) is 0. The SMILES string of the molecule is CCC#CCC(C)[C@H](OC1CCCCO1)C(Br)=C[C@@H]1[C@H]2CC3(C[C@H]2C[C@H]1OC1CCCCO1)OCCO3. The van der Waals surface area contributed by atoms with E-state index in [1.54, 1.807) is 0 Å². The van der Waals surface area contributed by atoms with Crippen molar-refractivity contribution in [1.82, 2.24) is 0 Å². The molecule has 0 amide bonds. The van der Waals surface area contributed by atoms with E-state index in [0.29, 0.717) is 25.0 Å². The van der Waals surface area contributed by atoms with Crippen LogP contribution in [-0.2, 0) is 28.4 Å². The maximum Gasteiger partial charge on any atom is 0.169 e. The van der Waals surface area contributed by atoms with E-state index in [1.165, 1.54) is 6.42 Å². The van der Waals surface area contributed by atoms with E-state index in [2.05, 4.69) is 47.7 Å². The van der Waals surface area contributed by atoms with Crippen LogP contribution in [0.15, 0.2) is 10.6 Å². The monoisotopic (exact) mass is 580 g/mol. The van der Waals surface area contributed by atoms with E-state index in [0.717, 1.165) is 81.9 Å². The third-order valence-electron chi connectivity index (χ3n) is 8.76. The summed E-state index contributed by atoms with van der Waals surface area (Å²) in [6, 6.07) is 0. The van der Waals surface area contributed by atoms with Gasteiger partial charge in [0.05, 0.1) is 25.4 Å². The molecule has 3 unspecified atom stereocenters. The van der Waals surface area contributed by atoms with Gasteiger partial charge in [-0.2, -0.15) is 0 Å². The number of rotatable bonds is 8. The highest BCUT2D eigenvalue weighted by molar-refractivity contribution is 9.11. The van der Waals surface area contributed by atoms with Crippen LogP contribution >= 0.6 is 15.9 Å². The van der Waals surface area contributed by atoms with Crippen molar-refractivity contribution in [2.24, 2.45) is 23.7 Å². The summed E-state index contributed by atoms with van der Waals surface area (Å²) in [4.78, 5) is 0. The molecule has 5 fully saturated rings. The fraction of sp³-hybridized carbons (Fsp3) is 0.867. The Kier molecular flexibility index (Phi) is 10.1. The minimum atomic E-state index is -0.394. The molecule has 0 bridgehead atoms. The van der Waals surface area contributed by atoms with Crippen molar-refractivity contribution in [1.29, 1.82) is 0 Å². The Hall–Kier alpha value is -0.460. The molecule has 5 rings (SSSR count). The van der Waals surface area contributed by atoms with Gasteiger partial charge in [0.2, 0.25) is 0 Å². The minimum Gasteiger partial charge on any atom is -0.353 e. The van der Waals surface area contributed by atoms with E-state index in [1.807, 2.05) is 0 Å². The van der Waals surface area contributed by atoms with Crippen molar-refractivity contribution in [2.75, 3.05) is 26.4 Å². The zero-order valence-corrected chi connectivity index (χ0v) is 24.2. The molecule has 5 aliphatic rings. The summed E-state index contributed by atoms with van der Waals surface area (Å²) >= 11 is 4.00. The van der Waals surface area contributed by atoms with Crippen LogP contribution < -0.4 is 0 Å². The molecule has 208 valence electrons. The van der Waals surface area contributed by atoms with Crippen LogP contribution in [0.1, 0.15) is 84.5 Å². The molecule has 3 heterocycles. The summed E-state index contributed by atoms with van der Waals surface area (Å²) in [5.74, 6) is 7.66. The summed E-state index contributed by atoms with van der Waals surface area (Å²) in [6.45, 7) is 7.30. The zero-order chi connectivity index (χ0) is 25.7. The Morgan fingerprint density at radius 3 is 2.41 bits per heavy atom. The largest absolute Gasteiger partial charge is 0.353 e. The summed E-state index contributed by atoms with van der Waals surface area (Å²) < 4.78 is 38.6. The van der Waals surface area contributed by atoms with Crippen molar-refractivity contribution < 1.29 is 28.4 Å². The fourth-order valence-corrected chi connectivity index (χ4v) is 7.78. The molecule has 0 aromatic heterocycles. The predicted octanol–water partition coefficient (Wildman–Crippen LogP) is 6.32. The van der Waals surface area contributed by atoms with E-state index in [9.17, 15) is 0 Å². The maximum atomic E-state index is 6.67. The van der Waals surface area contributed by atoms with E-state index >= 15 is 0 Å². The molecule has 1 spiro atoms. The van der Waals surface area contributed by atoms with Crippen LogP contribution in [0.4, 0.5) is 0 Å². The van der Waals surface area contributed by atoms with E-state index in [4.69, 9.17) is 28.4 Å². The van der Waals surface area contributed by atoms with Gasteiger partial charge in [-0.15, -0.1) is 11.8 Å². The summed E-state index contributed by atoms with van der Waals surface area (Å²) in [7, 11) is 0. The lowest BCUT2D eigenvalue weighted by atomic mass is 9.89. The van der Waals surface area contributed by atoms with Crippen LogP contribution in [0.5, 0.6) is 0 Å². The number of halogens is 1. The van der Waals surface area contributed by atoms with Gasteiger partial charge in [-0.3, -0.25) is 0 Å². The maximum absolute atomic E-state index is 6.67. The molecule has 8 atom stereocenters. The lowest BCUT2D eigenvalue weighted by Crippen LogP contribution is -2.35. The van der Waals surface area contributed by atoms with Crippen LogP contribution in [0.25, 0.3) is 0 Å². The van der Waals surface area contributed by atoms with Gasteiger partial charge in [0.15, 0.2) is 18.4 Å². The zero-order valence-electron chi connectivity index (χ0n) is 22.6. The predicted molar refractivity (Wildman–Crippen MR) is 145 cm³/mol. The highest BCUT2D eigenvalue weighted by Crippen LogP contribution is 2.56. The number of hydrogen-bond acceptors (Lipinski definition) is 6. The molecule has 0 aromatic carbocycles. The highest BCUT2D eigenvalue weighted by Gasteiger charge is 2.57. The van der Waals surface area contributed by atoms with Crippen molar-refractivity contribution in [3.63, 3.8) is 0 Å². The molecular formula is C30H45BrO6. The van der Waals surface area contributed by atoms with Gasteiger partial charge >= 0.3 is 0 Å². The quantitative estimate of drug-likeness (QED) is 0.313. The second-order valence-electron chi connectivity index (χ2n) is 11.5. The first-order valence-corrected chi connectivity index (χ1v) is 15.5. The first-order valence-electron chi connectivity index (χ1n) is 14.7. The number of hydrogen-bond donors (Lipinski definition) is 0. The van der Waals surface area contributed by atoms with Crippen molar-refractivity contribution in [3.8, 4) is 11.8 Å². The molecule has 7 heteroatoms. The average molecular weight is 582 g/mol. The fourth-order valence-electron chi connectivity index (χ4n) is 6.92. The van der Waals surface area contributed by atoms with Crippen LogP contribution in [0, 0.1) is 35.5 Å². The Morgan fingerprint density at radius 1 is 1.00 bits per heavy atom. The van der Waals surface area contributed by atoms with E-state index < -0.39 is 5.79 Å². The molecule has 3 saturated heterocycles. The third kappa shape index (κ3) is 7.01. The Labute approximate surface area is 231 Å². The summed E-state index contributed by atoms with van der Waals surface area (Å²) in [5.41, 5.74) is 0. The molecule has 0 radical (unpaired) electrons. The van der Waals surface area contributed by atoms with Crippen LogP contribution in [-0.4, -0.2) is 57.0 Å². The third-order valence-corrected chi connectivity index (χ3v) is 9.48. The first kappa shape index (κ1) is 28.1. The topological polar surface area (TPSA) is 55.4 Å². The second kappa shape index (κ2) is 13.3. The Morgan fingerprint density at radius 2 is 1.73 bits per heavy atom. The summed E-state index contributed by atoms with van der Waals surface area (Å²) in [6.07, 6.45) is 13.2. The average Bonchev–Trinajstić information content (AvgIpc) is 3.60. The van der Waals surface area contributed by atoms with Crippen molar-refractivity contribution >= 4 is 15.9 Å². The van der Waals surface area contributed by atoms with Crippen molar-refractivity contribution in [3.05, 3.63) is 10.6 Å². The lowest BCUT2D eigenvalue weighted by Gasteiger charge is -2.33. The molecule has 3 aliphatic heterocycles. The van der Waals surface area contributed by atoms with E-state index in [-0.39, 0.29) is 36.6 Å².